The monoisotopic (exact) mass is 288 g/mol. The van der Waals surface area contributed by atoms with Crippen LogP contribution in [0, 0.1) is 6.92 Å². The number of carboxylic acid groups (broad SMARTS) is 1. The highest BCUT2D eigenvalue weighted by atomic mass is 32.1. The topological polar surface area (TPSA) is 53.4 Å². The van der Waals surface area contributed by atoms with E-state index in [4.69, 9.17) is 0 Å². The van der Waals surface area contributed by atoms with Crippen molar-refractivity contribution in [1.29, 1.82) is 0 Å². The number of fused-ring (bicyclic) bond motifs is 1. The Hall–Kier alpha value is -1.88. The lowest BCUT2D eigenvalue weighted by Gasteiger charge is -2.33. The third-order valence-corrected chi connectivity index (χ3v) is 4.55. The van der Waals surface area contributed by atoms with E-state index in [1.165, 1.54) is 4.88 Å². The lowest BCUT2D eigenvalue weighted by Crippen LogP contribution is -2.32. The minimum atomic E-state index is -0.731. The Kier molecular flexibility index (Phi) is 3.44. The molecule has 3 rings (SSSR count). The molecule has 2 aromatic rings. The van der Waals surface area contributed by atoms with E-state index in [2.05, 4.69) is 9.88 Å². The molecule has 1 unspecified atom stereocenters. The van der Waals surface area contributed by atoms with Crippen LogP contribution >= 0.6 is 11.3 Å². The van der Waals surface area contributed by atoms with Crippen LogP contribution < -0.4 is 4.90 Å². The summed E-state index contributed by atoms with van der Waals surface area (Å²) in [5, 5.41) is 10.4. The van der Waals surface area contributed by atoms with Gasteiger partial charge in [0.25, 0.3) is 0 Å². The molecule has 0 bridgehead atoms. The number of aliphatic carboxylic acids is 1. The van der Waals surface area contributed by atoms with Gasteiger partial charge in [-0.1, -0.05) is 18.2 Å². The zero-order chi connectivity index (χ0) is 14.1. The van der Waals surface area contributed by atoms with Crippen LogP contribution in [0.4, 0.5) is 5.69 Å². The molecule has 4 nitrogen and oxygen atoms in total. The zero-order valence-corrected chi connectivity index (χ0v) is 12.1. The van der Waals surface area contributed by atoms with Gasteiger partial charge < -0.3 is 10.0 Å². The van der Waals surface area contributed by atoms with Gasteiger partial charge in [-0.15, -0.1) is 11.3 Å². The maximum absolute atomic E-state index is 11.4. The van der Waals surface area contributed by atoms with Gasteiger partial charge in [0.2, 0.25) is 0 Å². The van der Waals surface area contributed by atoms with Crippen LogP contribution in [0.15, 0.2) is 30.5 Å². The standard InChI is InChI=1S/C15H16N2O2S/c1-10-16-8-11(20-10)9-17-7-6-13(15(18)19)12-4-2-3-5-14(12)17/h2-5,8,13H,6-7,9H2,1H3,(H,18,19). The number of thiazole rings is 1. The molecule has 20 heavy (non-hydrogen) atoms. The fraction of sp³-hybridized carbons (Fsp3) is 0.333. The zero-order valence-electron chi connectivity index (χ0n) is 11.2. The molecule has 1 aliphatic rings. The molecule has 1 aliphatic heterocycles. The second kappa shape index (κ2) is 5.25. The minimum absolute atomic E-state index is 0.384. The molecule has 5 heteroatoms. The van der Waals surface area contributed by atoms with Crippen molar-refractivity contribution in [3.8, 4) is 0 Å². The Balaban J connectivity index is 1.90. The molecule has 0 fully saturated rings. The summed E-state index contributed by atoms with van der Waals surface area (Å²) >= 11 is 1.69. The lowest BCUT2D eigenvalue weighted by atomic mass is 9.90. The number of carbonyl (C=O) groups is 1. The number of carboxylic acids is 1. The summed E-state index contributed by atoms with van der Waals surface area (Å²) in [6.07, 6.45) is 2.57. The average molecular weight is 288 g/mol. The first kappa shape index (κ1) is 13.1. The summed E-state index contributed by atoms with van der Waals surface area (Å²) in [6, 6.07) is 7.82. The van der Waals surface area contributed by atoms with Gasteiger partial charge in [-0.25, -0.2) is 4.98 Å². The number of hydrogen-bond acceptors (Lipinski definition) is 4. The molecule has 2 heterocycles. The van der Waals surface area contributed by atoms with Crippen molar-refractivity contribution in [3.63, 3.8) is 0 Å². The van der Waals surface area contributed by atoms with E-state index in [1.54, 1.807) is 11.3 Å². The van der Waals surface area contributed by atoms with Crippen molar-refractivity contribution >= 4 is 23.0 Å². The van der Waals surface area contributed by atoms with Gasteiger partial charge in [0.05, 0.1) is 17.5 Å². The normalized spacial score (nSPS) is 17.9. The Morgan fingerprint density at radius 2 is 2.30 bits per heavy atom. The molecule has 0 aliphatic carbocycles. The maximum Gasteiger partial charge on any atom is 0.311 e. The van der Waals surface area contributed by atoms with Gasteiger partial charge in [-0.05, 0) is 25.0 Å². The third-order valence-electron chi connectivity index (χ3n) is 3.65. The molecule has 0 saturated carbocycles. The first-order valence-corrected chi connectivity index (χ1v) is 7.45. The number of anilines is 1. The Bertz CT molecular complexity index is 638. The number of aromatic nitrogens is 1. The Morgan fingerprint density at radius 3 is 3.00 bits per heavy atom. The molecule has 0 radical (unpaired) electrons. The quantitative estimate of drug-likeness (QED) is 0.943. The highest BCUT2D eigenvalue weighted by molar-refractivity contribution is 7.11. The number of para-hydroxylation sites is 1. The summed E-state index contributed by atoms with van der Waals surface area (Å²) in [5.74, 6) is -1.11. The van der Waals surface area contributed by atoms with Crippen molar-refractivity contribution in [3.05, 3.63) is 45.9 Å². The number of benzene rings is 1. The van der Waals surface area contributed by atoms with Crippen molar-refractivity contribution in [1.82, 2.24) is 4.98 Å². The van der Waals surface area contributed by atoms with E-state index < -0.39 is 5.97 Å². The van der Waals surface area contributed by atoms with Gasteiger partial charge in [0.15, 0.2) is 0 Å². The SMILES string of the molecule is Cc1ncc(CN2CCC(C(=O)O)c3ccccc32)s1. The van der Waals surface area contributed by atoms with Crippen LogP contribution in [0.25, 0.3) is 0 Å². The third kappa shape index (κ3) is 2.41. The maximum atomic E-state index is 11.4. The molecule has 1 aromatic carbocycles. The Morgan fingerprint density at radius 1 is 1.50 bits per heavy atom. The van der Waals surface area contributed by atoms with Crippen LogP contribution in [-0.2, 0) is 11.3 Å². The van der Waals surface area contributed by atoms with E-state index in [1.807, 2.05) is 37.4 Å². The van der Waals surface area contributed by atoms with Gasteiger partial charge in [0.1, 0.15) is 0 Å². The summed E-state index contributed by atoms with van der Waals surface area (Å²) in [7, 11) is 0. The minimum Gasteiger partial charge on any atom is -0.481 e. The van der Waals surface area contributed by atoms with Crippen molar-refractivity contribution in [2.75, 3.05) is 11.4 Å². The molecule has 0 spiro atoms. The second-order valence-electron chi connectivity index (χ2n) is 5.01. The van der Waals surface area contributed by atoms with Crippen LogP contribution in [0.3, 0.4) is 0 Å². The molecule has 0 amide bonds. The number of nitrogens with zero attached hydrogens (tertiary/aromatic N) is 2. The van der Waals surface area contributed by atoms with E-state index in [-0.39, 0.29) is 5.92 Å². The average Bonchev–Trinajstić information content (AvgIpc) is 2.84. The van der Waals surface area contributed by atoms with Crippen LogP contribution in [-0.4, -0.2) is 22.6 Å². The fourth-order valence-corrected chi connectivity index (χ4v) is 3.53. The van der Waals surface area contributed by atoms with E-state index in [0.29, 0.717) is 6.42 Å². The van der Waals surface area contributed by atoms with Gasteiger partial charge in [0, 0.05) is 23.3 Å². The lowest BCUT2D eigenvalue weighted by molar-refractivity contribution is -0.139. The molecular weight excluding hydrogens is 272 g/mol. The summed E-state index contributed by atoms with van der Waals surface area (Å²) in [6.45, 7) is 3.57. The predicted molar refractivity (Wildman–Crippen MR) is 79.3 cm³/mol. The van der Waals surface area contributed by atoms with E-state index >= 15 is 0 Å². The van der Waals surface area contributed by atoms with Crippen LogP contribution in [0.5, 0.6) is 0 Å². The molecule has 104 valence electrons. The van der Waals surface area contributed by atoms with E-state index in [0.717, 1.165) is 29.3 Å². The van der Waals surface area contributed by atoms with Gasteiger partial charge >= 0.3 is 5.97 Å². The van der Waals surface area contributed by atoms with Gasteiger partial charge in [-0.3, -0.25) is 4.79 Å². The largest absolute Gasteiger partial charge is 0.481 e. The first-order chi connectivity index (χ1) is 9.65. The van der Waals surface area contributed by atoms with Crippen molar-refractivity contribution in [2.45, 2.75) is 25.8 Å². The van der Waals surface area contributed by atoms with Crippen LogP contribution in [0.2, 0.25) is 0 Å². The smallest absolute Gasteiger partial charge is 0.311 e. The Labute approximate surface area is 121 Å². The van der Waals surface area contributed by atoms with E-state index in [9.17, 15) is 9.90 Å². The highest BCUT2D eigenvalue weighted by Gasteiger charge is 2.29. The summed E-state index contributed by atoms with van der Waals surface area (Å²) in [4.78, 5) is 19.1. The summed E-state index contributed by atoms with van der Waals surface area (Å²) < 4.78 is 0. The molecule has 1 N–H and O–H groups in total. The van der Waals surface area contributed by atoms with Crippen molar-refractivity contribution < 1.29 is 9.90 Å². The molecule has 1 atom stereocenters. The first-order valence-electron chi connectivity index (χ1n) is 6.63. The number of hydrogen-bond donors (Lipinski definition) is 1. The number of aryl methyl sites for hydroxylation is 1. The van der Waals surface area contributed by atoms with Gasteiger partial charge in [-0.2, -0.15) is 0 Å². The number of rotatable bonds is 3. The van der Waals surface area contributed by atoms with Crippen molar-refractivity contribution in [2.24, 2.45) is 0 Å². The fourth-order valence-electron chi connectivity index (χ4n) is 2.72. The molecule has 0 saturated heterocycles. The van der Waals surface area contributed by atoms with Crippen LogP contribution in [0.1, 0.15) is 27.8 Å². The summed E-state index contributed by atoms with van der Waals surface area (Å²) in [5.41, 5.74) is 1.96. The second-order valence-corrected chi connectivity index (χ2v) is 6.32. The predicted octanol–water partition coefficient (Wildman–Crippen LogP) is 3.03. The molecular formula is C15H16N2O2S. The highest BCUT2D eigenvalue weighted by Crippen LogP contribution is 2.36. The molecule has 1 aromatic heterocycles.